The van der Waals surface area contributed by atoms with Crippen molar-refractivity contribution in [2.45, 2.75) is 12.8 Å². The zero-order chi connectivity index (χ0) is 14.2. The Bertz CT molecular complexity index is 557. The third kappa shape index (κ3) is 4.77. The highest BCUT2D eigenvalue weighted by atomic mass is 32.1. The predicted octanol–water partition coefficient (Wildman–Crippen LogP) is 1.23. The molecule has 20 heavy (non-hydrogen) atoms. The summed E-state index contributed by atoms with van der Waals surface area (Å²) in [5.74, 6) is -0.290. The minimum absolute atomic E-state index is 0.0973. The van der Waals surface area contributed by atoms with Crippen LogP contribution in [0.4, 0.5) is 5.13 Å². The maximum atomic E-state index is 11.6. The quantitative estimate of drug-likeness (QED) is 0.838. The molecule has 0 saturated heterocycles. The van der Waals surface area contributed by atoms with E-state index in [0.717, 1.165) is 5.56 Å². The summed E-state index contributed by atoms with van der Waals surface area (Å²) >= 11 is 1.25. The first kappa shape index (κ1) is 14.1. The van der Waals surface area contributed by atoms with Crippen LogP contribution in [0.1, 0.15) is 12.0 Å². The van der Waals surface area contributed by atoms with Crippen molar-refractivity contribution in [3.63, 3.8) is 0 Å². The van der Waals surface area contributed by atoms with Crippen LogP contribution >= 0.6 is 11.3 Å². The molecule has 0 spiro atoms. The minimum atomic E-state index is -0.193. The molecule has 2 rings (SSSR count). The number of aromatic nitrogens is 2. The molecule has 0 aliphatic carbocycles. The third-order valence-corrected chi connectivity index (χ3v) is 3.09. The average molecular weight is 290 g/mol. The fraction of sp³-hybridized carbons (Fsp3) is 0.231. The zero-order valence-corrected chi connectivity index (χ0v) is 11.5. The van der Waals surface area contributed by atoms with Crippen LogP contribution < -0.4 is 10.6 Å². The van der Waals surface area contributed by atoms with Gasteiger partial charge in [-0.05, 0) is 5.56 Å². The summed E-state index contributed by atoms with van der Waals surface area (Å²) in [6, 6.07) is 9.46. The van der Waals surface area contributed by atoms with Gasteiger partial charge in [0.2, 0.25) is 16.9 Å². The molecule has 0 aliphatic rings. The van der Waals surface area contributed by atoms with Gasteiger partial charge in [-0.1, -0.05) is 41.7 Å². The van der Waals surface area contributed by atoms with Gasteiger partial charge in [-0.25, -0.2) is 0 Å². The van der Waals surface area contributed by atoms with Crippen LogP contribution in [0.15, 0.2) is 35.8 Å². The summed E-state index contributed by atoms with van der Waals surface area (Å²) < 4.78 is 0. The van der Waals surface area contributed by atoms with Crippen LogP contribution in [0.3, 0.4) is 0 Å². The van der Waals surface area contributed by atoms with Gasteiger partial charge in [0.15, 0.2) is 0 Å². The Labute approximate surface area is 120 Å². The standard InChI is InChI=1S/C13H14N4O2S/c18-11(16-13-17-15-9-20-13)6-7-14-12(19)8-10-4-2-1-3-5-10/h1-5,9H,6-8H2,(H,14,19)(H,16,17,18). The van der Waals surface area contributed by atoms with Gasteiger partial charge in [0.05, 0.1) is 6.42 Å². The van der Waals surface area contributed by atoms with Crippen LogP contribution in [0.5, 0.6) is 0 Å². The highest BCUT2D eigenvalue weighted by Crippen LogP contribution is 2.07. The van der Waals surface area contributed by atoms with Crippen molar-refractivity contribution < 1.29 is 9.59 Å². The average Bonchev–Trinajstić information content (AvgIpc) is 2.92. The Morgan fingerprint density at radius 2 is 1.95 bits per heavy atom. The molecule has 1 heterocycles. The number of carbonyl (C=O) groups is 2. The Morgan fingerprint density at radius 3 is 2.65 bits per heavy atom. The Kier molecular flexibility index (Phi) is 5.19. The number of nitrogens with zero attached hydrogens (tertiary/aromatic N) is 2. The van der Waals surface area contributed by atoms with Gasteiger partial charge in [-0.15, -0.1) is 10.2 Å². The number of amides is 2. The van der Waals surface area contributed by atoms with E-state index in [2.05, 4.69) is 20.8 Å². The molecule has 0 fully saturated rings. The van der Waals surface area contributed by atoms with Gasteiger partial charge in [0.1, 0.15) is 5.51 Å². The molecule has 1 aromatic carbocycles. The van der Waals surface area contributed by atoms with E-state index in [4.69, 9.17) is 0 Å². The summed E-state index contributed by atoms with van der Waals surface area (Å²) in [6.45, 7) is 0.302. The molecule has 0 unspecified atom stereocenters. The number of benzene rings is 1. The largest absolute Gasteiger partial charge is 0.355 e. The second-order valence-electron chi connectivity index (χ2n) is 4.05. The van der Waals surface area contributed by atoms with Crippen molar-refractivity contribution in [3.8, 4) is 0 Å². The van der Waals surface area contributed by atoms with Crippen LogP contribution in [0, 0.1) is 0 Å². The summed E-state index contributed by atoms with van der Waals surface area (Å²) in [5.41, 5.74) is 2.49. The summed E-state index contributed by atoms with van der Waals surface area (Å²) in [7, 11) is 0. The molecule has 2 amide bonds. The van der Waals surface area contributed by atoms with E-state index in [1.54, 1.807) is 0 Å². The normalized spacial score (nSPS) is 10.0. The molecule has 0 saturated carbocycles. The highest BCUT2D eigenvalue weighted by Gasteiger charge is 2.06. The molecular weight excluding hydrogens is 276 g/mol. The lowest BCUT2D eigenvalue weighted by Gasteiger charge is -2.05. The predicted molar refractivity (Wildman–Crippen MR) is 76.3 cm³/mol. The van der Waals surface area contributed by atoms with Crippen LogP contribution in [-0.4, -0.2) is 28.6 Å². The molecule has 6 nitrogen and oxygen atoms in total. The minimum Gasteiger partial charge on any atom is -0.355 e. The first-order valence-electron chi connectivity index (χ1n) is 6.10. The Hall–Kier alpha value is -2.28. The van der Waals surface area contributed by atoms with E-state index in [9.17, 15) is 9.59 Å². The van der Waals surface area contributed by atoms with Gasteiger partial charge in [-0.3, -0.25) is 9.59 Å². The fourth-order valence-corrected chi connectivity index (χ4v) is 2.03. The number of rotatable bonds is 6. The second-order valence-corrected chi connectivity index (χ2v) is 4.89. The number of hydrogen-bond donors (Lipinski definition) is 2. The second kappa shape index (κ2) is 7.34. The van der Waals surface area contributed by atoms with Crippen molar-refractivity contribution in [2.24, 2.45) is 0 Å². The van der Waals surface area contributed by atoms with Gasteiger partial charge < -0.3 is 10.6 Å². The lowest BCUT2D eigenvalue weighted by Crippen LogP contribution is -2.28. The third-order valence-electron chi connectivity index (χ3n) is 2.49. The van der Waals surface area contributed by atoms with E-state index < -0.39 is 0 Å². The van der Waals surface area contributed by atoms with E-state index in [1.165, 1.54) is 16.8 Å². The van der Waals surface area contributed by atoms with E-state index in [-0.39, 0.29) is 18.2 Å². The van der Waals surface area contributed by atoms with Crippen LogP contribution in [0.25, 0.3) is 0 Å². The summed E-state index contributed by atoms with van der Waals surface area (Å²) in [5, 5.41) is 13.1. The summed E-state index contributed by atoms with van der Waals surface area (Å²) in [4.78, 5) is 23.2. The van der Waals surface area contributed by atoms with E-state index >= 15 is 0 Å². The Morgan fingerprint density at radius 1 is 1.15 bits per heavy atom. The molecule has 0 bridgehead atoms. The maximum Gasteiger partial charge on any atom is 0.227 e. The molecule has 2 N–H and O–H groups in total. The van der Waals surface area contributed by atoms with Crippen molar-refractivity contribution in [1.29, 1.82) is 0 Å². The topological polar surface area (TPSA) is 84.0 Å². The van der Waals surface area contributed by atoms with E-state index in [1.807, 2.05) is 30.3 Å². The van der Waals surface area contributed by atoms with Crippen molar-refractivity contribution in [2.75, 3.05) is 11.9 Å². The molecule has 104 valence electrons. The number of carbonyl (C=O) groups excluding carboxylic acids is 2. The molecule has 0 atom stereocenters. The van der Waals surface area contributed by atoms with E-state index in [0.29, 0.717) is 18.1 Å². The van der Waals surface area contributed by atoms with Crippen molar-refractivity contribution >= 4 is 28.3 Å². The van der Waals surface area contributed by atoms with Gasteiger partial charge in [0.25, 0.3) is 0 Å². The van der Waals surface area contributed by atoms with Crippen molar-refractivity contribution in [3.05, 3.63) is 41.4 Å². The molecule has 0 radical (unpaired) electrons. The molecule has 7 heteroatoms. The first-order valence-corrected chi connectivity index (χ1v) is 6.98. The Balaban J connectivity index is 1.65. The number of anilines is 1. The van der Waals surface area contributed by atoms with Crippen molar-refractivity contribution in [1.82, 2.24) is 15.5 Å². The number of nitrogens with one attached hydrogen (secondary N) is 2. The highest BCUT2D eigenvalue weighted by molar-refractivity contribution is 7.13. The van der Waals surface area contributed by atoms with Gasteiger partial charge in [-0.2, -0.15) is 0 Å². The van der Waals surface area contributed by atoms with Gasteiger partial charge >= 0.3 is 0 Å². The van der Waals surface area contributed by atoms with Gasteiger partial charge in [0, 0.05) is 13.0 Å². The molecule has 0 aliphatic heterocycles. The molecule has 1 aromatic heterocycles. The number of hydrogen-bond acceptors (Lipinski definition) is 5. The SMILES string of the molecule is O=C(Cc1ccccc1)NCCC(=O)Nc1nncs1. The molecular formula is C13H14N4O2S. The first-order chi connectivity index (χ1) is 9.74. The lowest BCUT2D eigenvalue weighted by molar-refractivity contribution is -0.120. The molecule has 2 aromatic rings. The van der Waals surface area contributed by atoms with Crippen LogP contribution in [-0.2, 0) is 16.0 Å². The lowest BCUT2D eigenvalue weighted by atomic mass is 10.1. The smallest absolute Gasteiger partial charge is 0.227 e. The summed E-state index contributed by atoms with van der Waals surface area (Å²) in [6.07, 6.45) is 0.527. The maximum absolute atomic E-state index is 11.6. The van der Waals surface area contributed by atoms with Crippen LogP contribution in [0.2, 0.25) is 0 Å². The zero-order valence-electron chi connectivity index (χ0n) is 10.7. The monoisotopic (exact) mass is 290 g/mol. The fourth-order valence-electron chi connectivity index (χ4n) is 1.57.